The van der Waals surface area contributed by atoms with Gasteiger partial charge in [0.15, 0.2) is 0 Å². The van der Waals surface area contributed by atoms with Crippen LogP contribution in [0.15, 0.2) is 48.5 Å². The van der Waals surface area contributed by atoms with Crippen LogP contribution in [0.4, 0.5) is 0 Å². The van der Waals surface area contributed by atoms with E-state index in [9.17, 15) is 5.26 Å². The van der Waals surface area contributed by atoms with E-state index in [1.54, 1.807) is 6.07 Å². The van der Waals surface area contributed by atoms with Gasteiger partial charge in [-0.15, -0.1) is 0 Å². The summed E-state index contributed by atoms with van der Waals surface area (Å²) in [5, 5.41) is 9.92. The number of aryl methyl sites for hydroxylation is 1. The molecule has 3 heteroatoms. The molecule has 0 aromatic heterocycles. The maximum Gasteiger partial charge on any atom is 0.137 e. The molecule has 21 heavy (non-hydrogen) atoms. The Morgan fingerprint density at radius 3 is 2.52 bits per heavy atom. The van der Waals surface area contributed by atoms with Gasteiger partial charge in [-0.25, -0.2) is 0 Å². The van der Waals surface area contributed by atoms with E-state index >= 15 is 0 Å². The summed E-state index contributed by atoms with van der Waals surface area (Å²) in [6, 6.07) is 17.9. The van der Waals surface area contributed by atoms with Crippen LogP contribution in [0.25, 0.3) is 0 Å². The van der Waals surface area contributed by atoms with Gasteiger partial charge in [-0.3, -0.25) is 0 Å². The Balaban J connectivity index is 1.83. The van der Waals surface area contributed by atoms with Crippen LogP contribution in [-0.4, -0.2) is 6.61 Å². The maximum atomic E-state index is 9.30. The van der Waals surface area contributed by atoms with E-state index in [-0.39, 0.29) is 5.92 Å². The number of hydrogen-bond acceptors (Lipinski definition) is 2. The SMILES string of the molecule is Cc1ccc(C(C#N)CCCOc2ccccc2Cl)cc1. The summed E-state index contributed by atoms with van der Waals surface area (Å²) in [6.07, 6.45) is 1.60. The monoisotopic (exact) mass is 299 g/mol. The number of nitriles is 1. The minimum Gasteiger partial charge on any atom is -0.492 e. The first-order valence-corrected chi connectivity index (χ1v) is 7.42. The predicted molar refractivity (Wildman–Crippen MR) is 85.7 cm³/mol. The summed E-state index contributed by atoms with van der Waals surface area (Å²) in [7, 11) is 0. The van der Waals surface area contributed by atoms with Crippen molar-refractivity contribution in [3.05, 3.63) is 64.7 Å². The van der Waals surface area contributed by atoms with E-state index < -0.39 is 0 Å². The summed E-state index contributed by atoms with van der Waals surface area (Å²) >= 11 is 6.03. The highest BCUT2D eigenvalue weighted by Gasteiger charge is 2.10. The van der Waals surface area contributed by atoms with Crippen molar-refractivity contribution in [1.29, 1.82) is 5.26 Å². The fourth-order valence-corrected chi connectivity index (χ4v) is 2.33. The van der Waals surface area contributed by atoms with Crippen LogP contribution >= 0.6 is 11.6 Å². The number of ether oxygens (including phenoxy) is 1. The van der Waals surface area contributed by atoms with Crippen LogP contribution in [-0.2, 0) is 0 Å². The Bertz CT molecular complexity index is 616. The first kappa shape index (κ1) is 15.4. The lowest BCUT2D eigenvalue weighted by atomic mass is 9.95. The zero-order chi connectivity index (χ0) is 15.1. The van der Waals surface area contributed by atoms with Crippen LogP contribution in [0.2, 0.25) is 5.02 Å². The highest BCUT2D eigenvalue weighted by molar-refractivity contribution is 6.32. The lowest BCUT2D eigenvalue weighted by Gasteiger charge is -2.11. The molecule has 0 bridgehead atoms. The van der Waals surface area contributed by atoms with Gasteiger partial charge in [0.05, 0.1) is 23.6 Å². The highest BCUT2D eigenvalue weighted by Crippen LogP contribution is 2.24. The van der Waals surface area contributed by atoms with Gasteiger partial charge in [0, 0.05) is 0 Å². The first-order valence-electron chi connectivity index (χ1n) is 7.04. The van der Waals surface area contributed by atoms with Crippen molar-refractivity contribution in [2.75, 3.05) is 6.61 Å². The Labute approximate surface area is 130 Å². The second-order valence-corrected chi connectivity index (χ2v) is 5.42. The molecule has 0 aliphatic rings. The van der Waals surface area contributed by atoms with E-state index in [1.807, 2.05) is 49.4 Å². The average molecular weight is 300 g/mol. The molecule has 0 heterocycles. The van der Waals surface area contributed by atoms with Crippen molar-refractivity contribution < 1.29 is 4.74 Å². The largest absolute Gasteiger partial charge is 0.492 e. The van der Waals surface area contributed by atoms with E-state index in [0.29, 0.717) is 17.4 Å². The van der Waals surface area contributed by atoms with Crippen molar-refractivity contribution in [3.8, 4) is 11.8 Å². The number of halogens is 1. The summed E-state index contributed by atoms with van der Waals surface area (Å²) in [5.74, 6) is 0.614. The highest BCUT2D eigenvalue weighted by atomic mass is 35.5. The van der Waals surface area contributed by atoms with E-state index in [0.717, 1.165) is 18.4 Å². The summed E-state index contributed by atoms with van der Waals surface area (Å²) in [6.45, 7) is 2.61. The van der Waals surface area contributed by atoms with Crippen molar-refractivity contribution in [3.63, 3.8) is 0 Å². The number of para-hydroxylation sites is 1. The Morgan fingerprint density at radius 2 is 1.86 bits per heavy atom. The quantitative estimate of drug-likeness (QED) is 0.694. The van der Waals surface area contributed by atoms with E-state index in [4.69, 9.17) is 16.3 Å². The minimum absolute atomic E-state index is 0.0829. The zero-order valence-electron chi connectivity index (χ0n) is 12.1. The number of benzene rings is 2. The smallest absolute Gasteiger partial charge is 0.137 e. The average Bonchev–Trinajstić information content (AvgIpc) is 2.50. The number of hydrogen-bond donors (Lipinski definition) is 0. The van der Waals surface area contributed by atoms with Crippen LogP contribution < -0.4 is 4.74 Å². The molecule has 2 aromatic carbocycles. The Kier molecular flexibility index (Phi) is 5.66. The second kappa shape index (κ2) is 7.71. The normalized spacial score (nSPS) is 11.7. The molecule has 0 aliphatic carbocycles. The lowest BCUT2D eigenvalue weighted by molar-refractivity contribution is 0.305. The van der Waals surface area contributed by atoms with Crippen LogP contribution in [0.3, 0.4) is 0 Å². The molecule has 108 valence electrons. The molecule has 1 unspecified atom stereocenters. The molecule has 0 N–H and O–H groups in total. The first-order chi connectivity index (χ1) is 10.2. The fourth-order valence-electron chi connectivity index (χ4n) is 2.14. The summed E-state index contributed by atoms with van der Waals surface area (Å²) < 4.78 is 5.65. The molecular weight excluding hydrogens is 282 g/mol. The molecule has 2 rings (SSSR count). The third-order valence-electron chi connectivity index (χ3n) is 3.37. The predicted octanol–water partition coefficient (Wildman–Crippen LogP) is 5.11. The fraction of sp³-hybridized carbons (Fsp3) is 0.278. The molecule has 0 radical (unpaired) electrons. The molecule has 1 atom stereocenters. The molecule has 0 saturated heterocycles. The van der Waals surface area contributed by atoms with Crippen LogP contribution in [0.5, 0.6) is 5.75 Å². The van der Waals surface area contributed by atoms with Crippen molar-refractivity contribution >= 4 is 11.6 Å². The van der Waals surface area contributed by atoms with Crippen molar-refractivity contribution in [2.24, 2.45) is 0 Å². The molecule has 0 amide bonds. The molecule has 2 aromatic rings. The topological polar surface area (TPSA) is 33.0 Å². The van der Waals surface area contributed by atoms with Crippen molar-refractivity contribution in [1.82, 2.24) is 0 Å². The Morgan fingerprint density at radius 1 is 1.14 bits per heavy atom. The van der Waals surface area contributed by atoms with Crippen LogP contribution in [0, 0.1) is 18.3 Å². The third-order valence-corrected chi connectivity index (χ3v) is 3.68. The molecule has 0 saturated carbocycles. The van der Waals surface area contributed by atoms with Gasteiger partial charge in [-0.05, 0) is 37.5 Å². The lowest BCUT2D eigenvalue weighted by Crippen LogP contribution is -2.02. The van der Waals surface area contributed by atoms with Gasteiger partial charge in [0.2, 0.25) is 0 Å². The van der Waals surface area contributed by atoms with E-state index in [1.165, 1.54) is 5.56 Å². The zero-order valence-corrected chi connectivity index (χ0v) is 12.8. The standard InChI is InChI=1S/C18H18ClNO/c1-14-8-10-15(11-9-14)16(13-20)5-4-12-21-18-7-3-2-6-17(18)19/h2-3,6-11,16H,4-5,12H2,1H3. The maximum absolute atomic E-state index is 9.30. The minimum atomic E-state index is -0.0829. The molecular formula is C18H18ClNO. The van der Waals surface area contributed by atoms with Gasteiger partial charge < -0.3 is 4.74 Å². The van der Waals surface area contributed by atoms with Gasteiger partial charge in [0.25, 0.3) is 0 Å². The summed E-state index contributed by atoms with van der Waals surface area (Å²) in [5.41, 5.74) is 2.28. The van der Waals surface area contributed by atoms with Gasteiger partial charge in [-0.2, -0.15) is 5.26 Å². The molecule has 0 spiro atoms. The number of nitrogens with zero attached hydrogens (tertiary/aromatic N) is 1. The Hall–Kier alpha value is -1.98. The molecule has 2 nitrogen and oxygen atoms in total. The second-order valence-electron chi connectivity index (χ2n) is 5.01. The van der Waals surface area contributed by atoms with Gasteiger partial charge in [-0.1, -0.05) is 53.6 Å². The van der Waals surface area contributed by atoms with E-state index in [2.05, 4.69) is 6.07 Å². The summed E-state index contributed by atoms with van der Waals surface area (Å²) in [4.78, 5) is 0. The van der Waals surface area contributed by atoms with Crippen molar-refractivity contribution in [2.45, 2.75) is 25.7 Å². The molecule has 0 fully saturated rings. The van der Waals surface area contributed by atoms with Gasteiger partial charge in [0.1, 0.15) is 5.75 Å². The van der Waals surface area contributed by atoms with Gasteiger partial charge >= 0.3 is 0 Å². The third kappa shape index (κ3) is 4.51. The molecule has 0 aliphatic heterocycles. The van der Waals surface area contributed by atoms with Crippen LogP contribution in [0.1, 0.15) is 29.9 Å². The number of rotatable bonds is 6.